The third-order valence-corrected chi connectivity index (χ3v) is 1.07. The van der Waals surface area contributed by atoms with E-state index in [-0.39, 0.29) is 6.23 Å². The smallest absolute Gasteiger partial charge is 0.145 e. The Labute approximate surface area is 48.9 Å². The maximum absolute atomic E-state index is 4.94. The average Bonchev–Trinajstić information content (AvgIpc) is 2.14. The molecule has 46 valence electrons. The van der Waals surface area contributed by atoms with E-state index >= 15 is 0 Å². The van der Waals surface area contributed by atoms with Gasteiger partial charge in [-0.05, 0) is 6.08 Å². The predicted octanol–water partition coefficient (Wildman–Crippen LogP) is -0.0774. The van der Waals surface area contributed by atoms with Crippen LogP contribution in [0.5, 0.6) is 0 Å². The summed E-state index contributed by atoms with van der Waals surface area (Å²) in [5, 5.41) is 1.86. The Hall–Kier alpha value is -0.540. The Morgan fingerprint density at radius 3 is 2.75 bits per heavy atom. The lowest BCUT2D eigenvalue weighted by Gasteiger charge is -2.11. The lowest BCUT2D eigenvalue weighted by molar-refractivity contribution is 0.0805. The molecular formula is C5H10N2O. The Kier molecular flexibility index (Phi) is 1.50. The van der Waals surface area contributed by atoms with Crippen LogP contribution in [-0.2, 0) is 4.74 Å². The summed E-state index contributed by atoms with van der Waals surface area (Å²) in [6.07, 6.45) is 3.94. The number of nitrogens with zero attached hydrogens (tertiary/aromatic N) is 1. The van der Waals surface area contributed by atoms with Gasteiger partial charge in [0.2, 0.25) is 0 Å². The van der Waals surface area contributed by atoms with E-state index in [0.717, 1.165) is 0 Å². The van der Waals surface area contributed by atoms with Crippen molar-refractivity contribution in [3.8, 4) is 0 Å². The first-order chi connectivity index (χ1) is 3.83. The minimum absolute atomic E-state index is 0.0694. The molecule has 0 aromatic heterocycles. The Balaban J connectivity index is 2.34. The van der Waals surface area contributed by atoms with Crippen LogP contribution in [0.4, 0.5) is 0 Å². The van der Waals surface area contributed by atoms with Crippen LogP contribution in [0.3, 0.4) is 0 Å². The summed E-state index contributed by atoms with van der Waals surface area (Å²) in [4.78, 5) is 0. The molecule has 1 N–H and O–H groups in total. The topological polar surface area (TPSA) is 24.5 Å². The predicted molar refractivity (Wildman–Crippen MR) is 30.8 cm³/mol. The lowest BCUT2D eigenvalue weighted by atomic mass is 10.6. The average molecular weight is 114 g/mol. The van der Waals surface area contributed by atoms with Crippen molar-refractivity contribution in [2.45, 2.75) is 6.23 Å². The van der Waals surface area contributed by atoms with Gasteiger partial charge in [0, 0.05) is 20.4 Å². The highest BCUT2D eigenvalue weighted by molar-refractivity contribution is 4.92. The van der Waals surface area contributed by atoms with Crippen LogP contribution in [0, 0.1) is 0 Å². The van der Waals surface area contributed by atoms with Crippen LogP contribution in [0.1, 0.15) is 0 Å². The van der Waals surface area contributed by atoms with Crippen molar-refractivity contribution in [1.82, 2.24) is 10.4 Å². The van der Waals surface area contributed by atoms with E-state index in [1.807, 2.05) is 24.3 Å². The third-order valence-electron chi connectivity index (χ3n) is 1.07. The normalized spacial score (nSPS) is 27.2. The minimum Gasteiger partial charge on any atom is -0.361 e. The van der Waals surface area contributed by atoms with E-state index < -0.39 is 0 Å². The van der Waals surface area contributed by atoms with Crippen molar-refractivity contribution in [2.24, 2.45) is 0 Å². The van der Waals surface area contributed by atoms with Crippen LogP contribution >= 0.6 is 0 Å². The van der Waals surface area contributed by atoms with Gasteiger partial charge in [-0.3, -0.25) is 0 Å². The summed E-state index contributed by atoms with van der Waals surface area (Å²) < 4.78 is 4.94. The van der Waals surface area contributed by atoms with E-state index in [1.165, 1.54) is 0 Å². The molecule has 0 fully saturated rings. The Bertz CT molecular complexity index is 103. The molecule has 1 atom stereocenters. The van der Waals surface area contributed by atoms with Crippen molar-refractivity contribution in [3.63, 3.8) is 0 Å². The first kappa shape index (κ1) is 5.59. The van der Waals surface area contributed by atoms with Crippen molar-refractivity contribution in [3.05, 3.63) is 12.3 Å². The van der Waals surface area contributed by atoms with E-state index in [2.05, 4.69) is 5.43 Å². The van der Waals surface area contributed by atoms with Crippen LogP contribution in [-0.4, -0.2) is 25.4 Å². The molecular weight excluding hydrogens is 104 g/mol. The van der Waals surface area contributed by atoms with Gasteiger partial charge in [0.15, 0.2) is 0 Å². The highest BCUT2D eigenvalue weighted by Gasteiger charge is 2.07. The molecule has 0 aromatic rings. The maximum atomic E-state index is 4.94. The van der Waals surface area contributed by atoms with E-state index in [0.29, 0.717) is 0 Å². The fourth-order valence-electron chi connectivity index (χ4n) is 0.625. The highest BCUT2D eigenvalue weighted by atomic mass is 16.5. The number of hydrogen-bond acceptors (Lipinski definition) is 3. The molecule has 3 nitrogen and oxygen atoms in total. The molecule has 0 saturated carbocycles. The molecule has 1 unspecified atom stereocenters. The van der Waals surface area contributed by atoms with Crippen LogP contribution < -0.4 is 5.43 Å². The van der Waals surface area contributed by atoms with Crippen molar-refractivity contribution < 1.29 is 4.74 Å². The summed E-state index contributed by atoms with van der Waals surface area (Å²) in [6, 6.07) is 0. The number of rotatable bonds is 1. The molecule has 0 radical (unpaired) electrons. The van der Waals surface area contributed by atoms with Crippen molar-refractivity contribution in [1.29, 1.82) is 0 Å². The first-order valence-corrected chi connectivity index (χ1v) is 2.53. The monoisotopic (exact) mass is 114 g/mol. The lowest BCUT2D eigenvalue weighted by Crippen LogP contribution is -2.33. The maximum Gasteiger partial charge on any atom is 0.145 e. The summed E-state index contributed by atoms with van der Waals surface area (Å²) in [7, 11) is 3.59. The summed E-state index contributed by atoms with van der Waals surface area (Å²) in [5.74, 6) is 0. The molecule has 0 spiro atoms. The van der Waals surface area contributed by atoms with Gasteiger partial charge in [0.1, 0.15) is 6.23 Å². The SMILES string of the molecule is COC1C=CN(C)N1. The second-order valence-electron chi connectivity index (χ2n) is 1.74. The molecule has 0 aliphatic carbocycles. The third kappa shape index (κ3) is 0.993. The van der Waals surface area contributed by atoms with Gasteiger partial charge in [0.05, 0.1) is 0 Å². The van der Waals surface area contributed by atoms with Gasteiger partial charge < -0.3 is 9.75 Å². The minimum atomic E-state index is 0.0694. The highest BCUT2D eigenvalue weighted by Crippen LogP contribution is 1.97. The zero-order valence-corrected chi connectivity index (χ0v) is 5.09. The van der Waals surface area contributed by atoms with Crippen LogP contribution in [0.15, 0.2) is 12.3 Å². The number of nitrogens with one attached hydrogen (secondary N) is 1. The molecule has 1 rings (SSSR count). The van der Waals surface area contributed by atoms with Gasteiger partial charge in [-0.15, -0.1) is 0 Å². The molecule has 0 aromatic carbocycles. The molecule has 0 saturated heterocycles. The fourth-order valence-corrected chi connectivity index (χ4v) is 0.625. The van der Waals surface area contributed by atoms with E-state index in [1.54, 1.807) is 7.11 Å². The first-order valence-electron chi connectivity index (χ1n) is 2.53. The number of ether oxygens (including phenoxy) is 1. The second-order valence-corrected chi connectivity index (χ2v) is 1.74. The standard InChI is InChI=1S/C5H10N2O/c1-7-4-3-5(6-7)8-2/h3-6H,1-2H3. The number of hydrogen-bond donors (Lipinski definition) is 1. The molecule has 1 aliphatic heterocycles. The summed E-state index contributed by atoms with van der Waals surface area (Å²) in [6.45, 7) is 0. The molecule has 3 heteroatoms. The van der Waals surface area contributed by atoms with Crippen LogP contribution in [0.2, 0.25) is 0 Å². The van der Waals surface area contributed by atoms with Gasteiger partial charge in [-0.25, -0.2) is 5.43 Å². The van der Waals surface area contributed by atoms with Gasteiger partial charge in [-0.2, -0.15) is 0 Å². The molecule has 1 heterocycles. The summed E-state index contributed by atoms with van der Waals surface area (Å²) >= 11 is 0. The largest absolute Gasteiger partial charge is 0.361 e. The Morgan fingerprint density at radius 1 is 1.75 bits per heavy atom. The number of methoxy groups -OCH3 is 1. The quantitative estimate of drug-likeness (QED) is 0.516. The van der Waals surface area contributed by atoms with E-state index in [9.17, 15) is 0 Å². The fraction of sp³-hybridized carbons (Fsp3) is 0.600. The van der Waals surface area contributed by atoms with E-state index in [4.69, 9.17) is 4.74 Å². The molecule has 8 heavy (non-hydrogen) atoms. The Morgan fingerprint density at radius 2 is 2.50 bits per heavy atom. The van der Waals surface area contributed by atoms with Crippen molar-refractivity contribution >= 4 is 0 Å². The van der Waals surface area contributed by atoms with Gasteiger partial charge in [-0.1, -0.05) is 0 Å². The zero-order chi connectivity index (χ0) is 5.98. The molecule has 0 bridgehead atoms. The molecule has 1 aliphatic rings. The van der Waals surface area contributed by atoms with Crippen LogP contribution in [0.25, 0.3) is 0 Å². The van der Waals surface area contributed by atoms with Gasteiger partial charge in [0.25, 0.3) is 0 Å². The number of hydrazine groups is 1. The summed E-state index contributed by atoms with van der Waals surface area (Å²) in [5.41, 5.74) is 3.00. The van der Waals surface area contributed by atoms with Crippen molar-refractivity contribution in [2.75, 3.05) is 14.2 Å². The second kappa shape index (κ2) is 2.15. The molecule has 0 amide bonds. The van der Waals surface area contributed by atoms with Gasteiger partial charge >= 0.3 is 0 Å². The zero-order valence-electron chi connectivity index (χ0n) is 5.09.